The third-order valence-electron chi connectivity index (χ3n) is 3.66. The van der Waals surface area contributed by atoms with Crippen LogP contribution in [0.3, 0.4) is 0 Å². The second-order valence-corrected chi connectivity index (χ2v) is 9.25. The van der Waals surface area contributed by atoms with Gasteiger partial charge in [0.05, 0.1) is 55.1 Å². The molecule has 2 unspecified atom stereocenters. The number of rotatable bonds is 14. The van der Waals surface area contributed by atoms with Crippen LogP contribution in [0.15, 0.2) is 12.2 Å². The maximum atomic E-state index is 12.0. The summed E-state index contributed by atoms with van der Waals surface area (Å²) in [5.41, 5.74) is 0. The van der Waals surface area contributed by atoms with Gasteiger partial charge in [0.1, 0.15) is 13.1 Å². The third kappa shape index (κ3) is 16.5. The Morgan fingerprint density at radius 2 is 1.23 bits per heavy atom. The molecule has 0 saturated heterocycles. The molecule has 0 amide bonds. The topological polar surface area (TPSA) is 127 Å². The quantitative estimate of drug-likeness (QED) is 0.231. The zero-order valence-corrected chi connectivity index (χ0v) is 18.8. The maximum Gasteiger partial charge on any atom is 0.330 e. The number of carbonyl (C=O) groups is 4. The van der Waals surface area contributed by atoms with E-state index in [4.69, 9.17) is 19.7 Å². The predicted octanol–water partition coefficient (Wildman–Crippen LogP) is 0.508. The van der Waals surface area contributed by atoms with E-state index in [0.717, 1.165) is 6.08 Å². The van der Waals surface area contributed by atoms with Gasteiger partial charge in [-0.25, -0.2) is 4.79 Å². The Labute approximate surface area is 177 Å². The van der Waals surface area contributed by atoms with Gasteiger partial charge in [-0.2, -0.15) is 0 Å². The monoisotopic (exact) mass is 432 g/mol. The van der Waals surface area contributed by atoms with Gasteiger partial charge >= 0.3 is 23.9 Å². The Morgan fingerprint density at radius 1 is 0.800 bits per heavy atom. The molecule has 0 aromatic heterocycles. The number of esters is 2. The Balaban J connectivity index is 4.58. The van der Waals surface area contributed by atoms with Crippen molar-refractivity contribution < 1.29 is 47.8 Å². The number of allylic oxidation sites excluding steroid dienone is 1. The van der Waals surface area contributed by atoms with Gasteiger partial charge in [0, 0.05) is 12.5 Å². The summed E-state index contributed by atoms with van der Waals surface area (Å²) < 4.78 is 11.3. The molecule has 0 heterocycles. The number of carboxylic acids is 2. The minimum Gasteiger partial charge on any atom is -0.481 e. The smallest absolute Gasteiger partial charge is 0.330 e. The molecule has 0 fully saturated rings. The normalized spacial score (nSPS) is 14.2. The lowest BCUT2D eigenvalue weighted by Gasteiger charge is -2.28. The Hall–Kier alpha value is -2.46. The van der Waals surface area contributed by atoms with Crippen molar-refractivity contribution in [2.45, 2.75) is 37.9 Å². The van der Waals surface area contributed by atoms with Crippen molar-refractivity contribution in [2.75, 3.05) is 55.4 Å². The van der Waals surface area contributed by atoms with Gasteiger partial charge in [-0.1, -0.05) is 6.08 Å². The molecule has 0 aromatic rings. The molecule has 172 valence electrons. The van der Waals surface area contributed by atoms with Crippen LogP contribution >= 0.6 is 0 Å². The van der Waals surface area contributed by atoms with Gasteiger partial charge < -0.3 is 28.7 Å². The number of quaternary nitrogens is 2. The van der Waals surface area contributed by atoms with E-state index in [1.54, 1.807) is 0 Å². The largest absolute Gasteiger partial charge is 0.481 e. The number of aliphatic carboxylic acids is 2. The van der Waals surface area contributed by atoms with Crippen LogP contribution in [-0.4, -0.2) is 111 Å². The minimum atomic E-state index is -1.06. The van der Waals surface area contributed by atoms with E-state index in [-0.39, 0.29) is 25.7 Å². The van der Waals surface area contributed by atoms with Crippen molar-refractivity contribution in [3.63, 3.8) is 0 Å². The van der Waals surface area contributed by atoms with Crippen molar-refractivity contribution >= 4 is 23.9 Å². The highest BCUT2D eigenvalue weighted by Gasteiger charge is 2.25. The molecule has 10 heteroatoms. The molecule has 0 aromatic carbocycles. The van der Waals surface area contributed by atoms with E-state index >= 15 is 0 Å². The summed E-state index contributed by atoms with van der Waals surface area (Å²) >= 11 is 0. The summed E-state index contributed by atoms with van der Waals surface area (Å²) in [5.74, 6) is -3.34. The predicted molar refractivity (Wildman–Crippen MR) is 108 cm³/mol. The van der Waals surface area contributed by atoms with Crippen LogP contribution in [0, 0.1) is 0 Å². The Kier molecular flexibility index (Phi) is 11.3. The van der Waals surface area contributed by atoms with Crippen molar-refractivity contribution in [2.24, 2.45) is 0 Å². The lowest BCUT2D eigenvalue weighted by molar-refractivity contribution is -0.873. The summed E-state index contributed by atoms with van der Waals surface area (Å²) in [6, 6.07) is 0. The molecule has 0 aliphatic heterocycles. The first-order chi connectivity index (χ1) is 13.6. The molecular formula is C20H36N2O8+2. The van der Waals surface area contributed by atoms with Crippen molar-refractivity contribution in [1.29, 1.82) is 0 Å². The first-order valence-electron chi connectivity index (χ1n) is 9.68. The van der Waals surface area contributed by atoms with E-state index in [2.05, 4.69) is 0 Å². The highest BCUT2D eigenvalue weighted by molar-refractivity contribution is 5.82. The molecule has 0 aliphatic carbocycles. The number of hydrogen-bond acceptors (Lipinski definition) is 6. The second kappa shape index (κ2) is 12.3. The molecule has 30 heavy (non-hydrogen) atoms. The second-order valence-electron chi connectivity index (χ2n) is 9.25. The van der Waals surface area contributed by atoms with Crippen molar-refractivity contribution in [3.05, 3.63) is 12.2 Å². The van der Waals surface area contributed by atoms with Gasteiger partial charge in [0.15, 0.2) is 12.2 Å². The van der Waals surface area contributed by atoms with E-state index in [1.165, 1.54) is 6.08 Å². The molecule has 2 atom stereocenters. The standard InChI is InChI=1S/C20H34N2O8/c1-21(2,3)13-15(11-17(23)24)29-19(27)9-7-8-10-20(28)30-16(12-18(25)26)14-22(4,5)6/h7,9,15-16H,8,10-14H2,1-6H3/p+2. The van der Waals surface area contributed by atoms with Gasteiger partial charge in [-0.3, -0.25) is 14.4 Å². The van der Waals surface area contributed by atoms with Crippen LogP contribution in [0.25, 0.3) is 0 Å². The summed E-state index contributed by atoms with van der Waals surface area (Å²) in [5, 5.41) is 17.9. The van der Waals surface area contributed by atoms with Crippen molar-refractivity contribution in [1.82, 2.24) is 0 Å². The van der Waals surface area contributed by atoms with Crippen molar-refractivity contribution in [3.8, 4) is 0 Å². The summed E-state index contributed by atoms with van der Waals surface area (Å²) in [4.78, 5) is 45.8. The Morgan fingerprint density at radius 3 is 1.63 bits per heavy atom. The third-order valence-corrected chi connectivity index (χ3v) is 3.66. The van der Waals surface area contributed by atoms with E-state index < -0.39 is 36.1 Å². The number of hydrogen-bond donors (Lipinski definition) is 2. The molecular weight excluding hydrogens is 396 g/mol. The first kappa shape index (κ1) is 27.5. The number of likely N-dealkylation sites (N-methyl/N-ethyl adjacent to an activating group) is 2. The molecule has 10 nitrogen and oxygen atoms in total. The van der Waals surface area contributed by atoms with Gasteiger partial charge in [-0.15, -0.1) is 0 Å². The highest BCUT2D eigenvalue weighted by Crippen LogP contribution is 2.09. The maximum absolute atomic E-state index is 12.0. The molecule has 0 aliphatic rings. The lowest BCUT2D eigenvalue weighted by atomic mass is 10.2. The highest BCUT2D eigenvalue weighted by atomic mass is 16.5. The fourth-order valence-electron chi connectivity index (χ4n) is 2.73. The fourth-order valence-corrected chi connectivity index (χ4v) is 2.73. The molecule has 0 bridgehead atoms. The van der Waals surface area contributed by atoms with Crippen LogP contribution in [0.2, 0.25) is 0 Å². The van der Waals surface area contributed by atoms with Crippen LogP contribution in [0.4, 0.5) is 0 Å². The zero-order valence-electron chi connectivity index (χ0n) is 18.8. The van der Waals surface area contributed by atoms with Gasteiger partial charge in [-0.05, 0) is 6.42 Å². The Bertz CT molecular complexity index is 632. The minimum absolute atomic E-state index is 0.0194. The van der Waals surface area contributed by atoms with Crippen LogP contribution in [-0.2, 0) is 28.7 Å². The van der Waals surface area contributed by atoms with Crippen LogP contribution in [0.1, 0.15) is 25.7 Å². The number of carbonyl (C=O) groups excluding carboxylic acids is 2. The number of carboxylic acid groups (broad SMARTS) is 2. The van der Waals surface area contributed by atoms with E-state index in [1.807, 2.05) is 42.3 Å². The molecule has 0 saturated carbocycles. The summed E-state index contributed by atoms with van der Waals surface area (Å²) in [6.45, 7) is 0.701. The fraction of sp³-hybridized carbons (Fsp3) is 0.700. The van der Waals surface area contributed by atoms with E-state index in [9.17, 15) is 19.2 Å². The first-order valence-corrected chi connectivity index (χ1v) is 9.68. The SMILES string of the molecule is C[N+](C)(C)CC(CC(=O)O)OC(=O)C=CCCC(=O)OC(CC(=O)O)C[N+](C)(C)C. The average Bonchev–Trinajstić information content (AvgIpc) is 2.46. The van der Waals surface area contributed by atoms with Crippen LogP contribution < -0.4 is 0 Å². The molecule has 0 spiro atoms. The van der Waals surface area contributed by atoms with Gasteiger partial charge in [0.2, 0.25) is 0 Å². The van der Waals surface area contributed by atoms with Crippen LogP contribution in [0.5, 0.6) is 0 Å². The number of ether oxygens (including phenoxy) is 2. The molecule has 2 N–H and O–H groups in total. The molecule has 0 rings (SSSR count). The zero-order chi connectivity index (χ0) is 23.5. The summed E-state index contributed by atoms with van der Waals surface area (Å²) in [6.07, 6.45) is 0.705. The lowest BCUT2D eigenvalue weighted by Crippen LogP contribution is -2.43. The van der Waals surface area contributed by atoms with Gasteiger partial charge in [0.25, 0.3) is 0 Å². The summed E-state index contributed by atoms with van der Waals surface area (Å²) in [7, 11) is 11.2. The van der Waals surface area contributed by atoms with E-state index in [0.29, 0.717) is 22.1 Å². The average molecular weight is 433 g/mol. The number of nitrogens with zero attached hydrogens (tertiary/aromatic N) is 2. The molecule has 0 radical (unpaired) electrons.